The first-order valence-electron chi connectivity index (χ1n) is 6.42. The Morgan fingerprint density at radius 3 is 2.41 bits per heavy atom. The van der Waals surface area contributed by atoms with Crippen molar-refractivity contribution < 1.29 is 17.9 Å². The van der Waals surface area contributed by atoms with E-state index in [0.29, 0.717) is 0 Å². The molecule has 22 heavy (non-hydrogen) atoms. The zero-order chi connectivity index (χ0) is 16.3. The average molecular weight is 323 g/mol. The molecule has 0 saturated carbocycles. The Balaban J connectivity index is 2.38. The molecule has 0 saturated heterocycles. The molecule has 0 aliphatic carbocycles. The molecule has 0 atom stereocenters. The van der Waals surface area contributed by atoms with E-state index >= 15 is 0 Å². The first kappa shape index (κ1) is 16.0. The zero-order valence-electron chi connectivity index (χ0n) is 12.7. The van der Waals surface area contributed by atoms with Crippen LogP contribution in [0.15, 0.2) is 29.3 Å². The largest absolute Gasteiger partial charge is 0.479 e. The van der Waals surface area contributed by atoms with E-state index in [1.165, 1.54) is 20.4 Å². The second kappa shape index (κ2) is 6.18. The summed E-state index contributed by atoms with van der Waals surface area (Å²) in [4.78, 5) is 7.97. The number of aryl methyl sites for hydroxylation is 2. The van der Waals surface area contributed by atoms with Gasteiger partial charge in [0.05, 0.1) is 25.3 Å². The van der Waals surface area contributed by atoms with Crippen molar-refractivity contribution in [2.24, 2.45) is 0 Å². The molecule has 8 heteroatoms. The van der Waals surface area contributed by atoms with Crippen LogP contribution in [-0.4, -0.2) is 32.6 Å². The second-order valence-corrected chi connectivity index (χ2v) is 6.31. The number of nitrogens with one attached hydrogen (secondary N) is 1. The van der Waals surface area contributed by atoms with Gasteiger partial charge in [0.2, 0.25) is 5.88 Å². The molecular weight excluding hydrogens is 306 g/mol. The smallest absolute Gasteiger partial charge is 0.319 e. The van der Waals surface area contributed by atoms with Crippen LogP contribution in [0.4, 0.5) is 5.69 Å². The number of hydrogen-bond donors (Lipinski definition) is 1. The van der Waals surface area contributed by atoms with Crippen molar-refractivity contribution in [1.82, 2.24) is 9.97 Å². The third kappa shape index (κ3) is 3.28. The van der Waals surface area contributed by atoms with Crippen molar-refractivity contribution in [3.8, 4) is 11.9 Å². The van der Waals surface area contributed by atoms with E-state index in [-0.39, 0.29) is 22.5 Å². The summed E-state index contributed by atoms with van der Waals surface area (Å²) in [7, 11) is -0.961. The molecule has 0 aliphatic heterocycles. The molecule has 0 unspecified atom stereocenters. The van der Waals surface area contributed by atoms with Gasteiger partial charge in [-0.1, -0.05) is 6.07 Å². The molecule has 0 aliphatic rings. The normalized spacial score (nSPS) is 11.1. The van der Waals surface area contributed by atoms with Crippen LogP contribution in [0.1, 0.15) is 11.1 Å². The molecule has 118 valence electrons. The molecule has 1 aromatic carbocycles. The molecule has 2 aromatic rings. The lowest BCUT2D eigenvalue weighted by Crippen LogP contribution is -2.15. The highest BCUT2D eigenvalue weighted by Gasteiger charge is 2.18. The fraction of sp³-hybridized carbons (Fsp3) is 0.286. The maximum atomic E-state index is 12.4. The van der Waals surface area contributed by atoms with Gasteiger partial charge in [0.25, 0.3) is 10.0 Å². The van der Waals surface area contributed by atoms with Gasteiger partial charge < -0.3 is 9.47 Å². The van der Waals surface area contributed by atoms with Crippen molar-refractivity contribution >= 4 is 15.7 Å². The van der Waals surface area contributed by atoms with Gasteiger partial charge in [0.1, 0.15) is 5.69 Å². The third-order valence-corrected chi connectivity index (χ3v) is 4.50. The van der Waals surface area contributed by atoms with E-state index in [0.717, 1.165) is 11.1 Å². The lowest BCUT2D eigenvalue weighted by Gasteiger charge is -2.12. The van der Waals surface area contributed by atoms with Gasteiger partial charge in [0.15, 0.2) is 0 Å². The Kier molecular flexibility index (Phi) is 4.51. The van der Waals surface area contributed by atoms with E-state index in [2.05, 4.69) is 14.7 Å². The summed E-state index contributed by atoms with van der Waals surface area (Å²) in [5.41, 5.74) is 2.05. The minimum Gasteiger partial charge on any atom is -0.479 e. The van der Waals surface area contributed by atoms with E-state index in [4.69, 9.17) is 9.47 Å². The van der Waals surface area contributed by atoms with Crippen molar-refractivity contribution in [3.63, 3.8) is 0 Å². The highest BCUT2D eigenvalue weighted by atomic mass is 32.2. The lowest BCUT2D eigenvalue weighted by molar-refractivity contribution is 0.353. The third-order valence-electron chi connectivity index (χ3n) is 3.14. The van der Waals surface area contributed by atoms with Crippen molar-refractivity contribution in [1.29, 1.82) is 0 Å². The van der Waals surface area contributed by atoms with Gasteiger partial charge in [-0.25, -0.2) is 13.4 Å². The zero-order valence-corrected chi connectivity index (χ0v) is 13.6. The highest BCUT2D eigenvalue weighted by molar-refractivity contribution is 7.92. The Morgan fingerprint density at radius 1 is 1.09 bits per heavy atom. The van der Waals surface area contributed by atoms with Gasteiger partial charge in [-0.2, -0.15) is 4.98 Å². The number of hydrogen-bond acceptors (Lipinski definition) is 6. The highest BCUT2D eigenvalue weighted by Crippen LogP contribution is 2.26. The van der Waals surface area contributed by atoms with Crippen LogP contribution in [0.3, 0.4) is 0 Å². The summed E-state index contributed by atoms with van der Waals surface area (Å²) >= 11 is 0. The van der Waals surface area contributed by atoms with Gasteiger partial charge in [-0.3, -0.25) is 4.72 Å². The number of benzene rings is 1. The van der Waals surface area contributed by atoms with Crippen LogP contribution in [0.2, 0.25) is 0 Å². The van der Waals surface area contributed by atoms with Gasteiger partial charge in [-0.15, -0.1) is 0 Å². The molecule has 0 spiro atoms. The van der Waals surface area contributed by atoms with Gasteiger partial charge in [-0.05, 0) is 37.1 Å². The average Bonchev–Trinajstić information content (AvgIpc) is 2.50. The predicted octanol–water partition coefficient (Wildman–Crippen LogP) is 1.91. The number of anilines is 1. The van der Waals surface area contributed by atoms with Crippen molar-refractivity contribution in [3.05, 3.63) is 35.5 Å². The van der Waals surface area contributed by atoms with E-state index in [1.54, 1.807) is 18.2 Å². The summed E-state index contributed by atoms with van der Waals surface area (Å²) < 4.78 is 37.2. The molecule has 1 heterocycles. The van der Waals surface area contributed by atoms with Crippen LogP contribution in [0.5, 0.6) is 11.9 Å². The van der Waals surface area contributed by atoms with E-state index in [9.17, 15) is 8.42 Å². The van der Waals surface area contributed by atoms with Crippen molar-refractivity contribution in [2.75, 3.05) is 18.9 Å². The summed E-state index contributed by atoms with van der Waals surface area (Å²) in [6.07, 6.45) is 1.29. The molecule has 0 fully saturated rings. The van der Waals surface area contributed by atoms with Crippen LogP contribution in [0.25, 0.3) is 0 Å². The first-order chi connectivity index (χ1) is 10.4. The van der Waals surface area contributed by atoms with Gasteiger partial charge >= 0.3 is 6.01 Å². The molecule has 1 aromatic heterocycles. The summed E-state index contributed by atoms with van der Waals surface area (Å²) in [6.45, 7) is 3.77. The molecule has 0 bridgehead atoms. The maximum absolute atomic E-state index is 12.4. The SMILES string of the molecule is COc1ncc(NS(=O)(=O)c2ccc(C)c(C)c2)c(OC)n1. The molecule has 7 nitrogen and oxygen atoms in total. The van der Waals surface area contributed by atoms with E-state index in [1.807, 2.05) is 13.8 Å². The summed E-state index contributed by atoms with van der Waals surface area (Å²) in [5.74, 6) is 0.0826. The maximum Gasteiger partial charge on any atom is 0.319 e. The number of rotatable bonds is 5. The molecular formula is C14H17N3O4S. The van der Waals surface area contributed by atoms with Crippen molar-refractivity contribution in [2.45, 2.75) is 18.7 Å². The first-order valence-corrected chi connectivity index (χ1v) is 7.91. The Labute approximate surface area is 129 Å². The quantitative estimate of drug-likeness (QED) is 0.904. The molecule has 0 radical (unpaired) electrons. The lowest BCUT2D eigenvalue weighted by atomic mass is 10.1. The molecule has 0 amide bonds. The Bertz CT molecular complexity index is 791. The number of ether oxygens (including phenoxy) is 2. The summed E-state index contributed by atoms with van der Waals surface area (Å²) in [6, 6.07) is 4.99. The Morgan fingerprint density at radius 2 is 1.82 bits per heavy atom. The minimum atomic E-state index is -3.76. The van der Waals surface area contributed by atoms with Crippen LogP contribution in [-0.2, 0) is 10.0 Å². The fourth-order valence-electron chi connectivity index (χ4n) is 1.76. The molecule has 1 N–H and O–H groups in total. The molecule has 2 rings (SSSR count). The topological polar surface area (TPSA) is 90.4 Å². The second-order valence-electron chi connectivity index (χ2n) is 4.63. The van der Waals surface area contributed by atoms with E-state index < -0.39 is 10.0 Å². The standard InChI is InChI=1S/C14H17N3O4S/c1-9-5-6-11(7-10(9)2)22(18,19)17-12-8-15-14(21-4)16-13(12)20-3/h5-8,17H,1-4H3. The number of nitrogens with zero attached hydrogens (tertiary/aromatic N) is 2. The number of sulfonamides is 1. The van der Waals surface area contributed by atoms with Crippen LogP contribution in [0, 0.1) is 13.8 Å². The number of methoxy groups -OCH3 is 2. The minimum absolute atomic E-state index is 0.0826. The predicted molar refractivity (Wildman–Crippen MR) is 81.9 cm³/mol. The fourth-order valence-corrected chi connectivity index (χ4v) is 2.89. The Hall–Kier alpha value is -2.35. The van der Waals surface area contributed by atoms with Gasteiger partial charge in [0, 0.05) is 0 Å². The number of aromatic nitrogens is 2. The monoisotopic (exact) mass is 323 g/mol. The summed E-state index contributed by atoms with van der Waals surface area (Å²) in [5, 5.41) is 0. The van der Waals surface area contributed by atoms with Crippen LogP contribution < -0.4 is 14.2 Å². The van der Waals surface area contributed by atoms with Crippen LogP contribution >= 0.6 is 0 Å².